The Bertz CT molecular complexity index is 456. The lowest BCUT2D eigenvalue weighted by atomic mass is 9.80. The number of para-hydroxylation sites is 1. The van der Waals surface area contributed by atoms with Gasteiger partial charge in [0.25, 0.3) is 0 Å². The first kappa shape index (κ1) is 14.3. The Morgan fingerprint density at radius 1 is 1.37 bits per heavy atom. The SMILES string of the molecule is Cc1cccc(C(N)=S)c1NCC1CCCCC1C. The van der Waals surface area contributed by atoms with Crippen molar-refractivity contribution in [1.29, 1.82) is 0 Å². The van der Waals surface area contributed by atoms with Gasteiger partial charge in [0.15, 0.2) is 0 Å². The van der Waals surface area contributed by atoms with Crippen molar-refractivity contribution in [2.24, 2.45) is 17.6 Å². The molecule has 2 rings (SSSR count). The summed E-state index contributed by atoms with van der Waals surface area (Å²) in [6.45, 7) is 5.51. The fourth-order valence-electron chi connectivity index (χ4n) is 3.04. The van der Waals surface area contributed by atoms with Crippen molar-refractivity contribution in [1.82, 2.24) is 0 Å². The Hall–Kier alpha value is -1.09. The summed E-state index contributed by atoms with van der Waals surface area (Å²) in [6.07, 6.45) is 5.46. The van der Waals surface area contributed by atoms with Gasteiger partial charge in [0.05, 0.1) is 0 Å². The number of nitrogens with two attached hydrogens (primary N) is 1. The zero-order valence-corrected chi connectivity index (χ0v) is 12.7. The number of rotatable bonds is 4. The lowest BCUT2D eigenvalue weighted by Crippen LogP contribution is -2.25. The van der Waals surface area contributed by atoms with Crippen LogP contribution < -0.4 is 11.1 Å². The first-order chi connectivity index (χ1) is 9.09. The molecule has 0 spiro atoms. The number of thiocarbonyl (C=S) groups is 1. The molecule has 1 aliphatic rings. The van der Waals surface area contributed by atoms with Crippen molar-refractivity contribution in [3.8, 4) is 0 Å². The molecule has 0 heterocycles. The summed E-state index contributed by atoms with van der Waals surface area (Å²) in [7, 11) is 0. The Kier molecular flexibility index (Phi) is 4.81. The van der Waals surface area contributed by atoms with E-state index in [4.69, 9.17) is 18.0 Å². The molecule has 19 heavy (non-hydrogen) atoms. The minimum atomic E-state index is 0.475. The molecule has 2 atom stereocenters. The Labute approximate surface area is 121 Å². The molecular formula is C16H24N2S. The van der Waals surface area contributed by atoms with Crippen LogP contribution in [-0.2, 0) is 0 Å². The standard InChI is InChI=1S/C16H24N2S/c1-11-6-3-4-8-13(11)10-18-15-12(2)7-5-9-14(15)16(17)19/h5,7,9,11,13,18H,3-4,6,8,10H2,1-2H3,(H2,17,19). The summed E-state index contributed by atoms with van der Waals surface area (Å²) in [5, 5.41) is 3.60. The van der Waals surface area contributed by atoms with Crippen molar-refractivity contribution < 1.29 is 0 Å². The Balaban J connectivity index is 2.08. The quantitative estimate of drug-likeness (QED) is 0.820. The third-order valence-corrected chi connectivity index (χ3v) is 4.59. The third kappa shape index (κ3) is 3.47. The van der Waals surface area contributed by atoms with Gasteiger partial charge < -0.3 is 11.1 Å². The maximum Gasteiger partial charge on any atom is 0.106 e. The van der Waals surface area contributed by atoms with Crippen molar-refractivity contribution in [2.75, 3.05) is 11.9 Å². The molecule has 3 heteroatoms. The van der Waals surface area contributed by atoms with Gasteiger partial charge in [0, 0.05) is 17.8 Å². The van der Waals surface area contributed by atoms with E-state index >= 15 is 0 Å². The highest BCUT2D eigenvalue weighted by molar-refractivity contribution is 7.80. The first-order valence-corrected chi connectivity index (χ1v) is 7.63. The van der Waals surface area contributed by atoms with Gasteiger partial charge in [0.1, 0.15) is 4.99 Å². The molecule has 0 aliphatic heterocycles. The predicted molar refractivity (Wildman–Crippen MR) is 86.7 cm³/mol. The van der Waals surface area contributed by atoms with Crippen molar-refractivity contribution in [2.45, 2.75) is 39.5 Å². The van der Waals surface area contributed by atoms with Gasteiger partial charge in [-0.05, 0) is 36.8 Å². The van der Waals surface area contributed by atoms with Crippen LogP contribution in [0.1, 0.15) is 43.7 Å². The highest BCUT2D eigenvalue weighted by Crippen LogP contribution is 2.30. The minimum Gasteiger partial charge on any atom is -0.389 e. The van der Waals surface area contributed by atoms with E-state index in [1.54, 1.807) is 0 Å². The summed E-state index contributed by atoms with van der Waals surface area (Å²) < 4.78 is 0. The zero-order chi connectivity index (χ0) is 13.8. The van der Waals surface area contributed by atoms with Gasteiger partial charge in [0.2, 0.25) is 0 Å². The minimum absolute atomic E-state index is 0.475. The molecule has 1 saturated carbocycles. The predicted octanol–water partition coefficient (Wildman–Crippen LogP) is 3.87. The average Bonchev–Trinajstić information content (AvgIpc) is 2.38. The molecular weight excluding hydrogens is 252 g/mol. The number of benzene rings is 1. The van der Waals surface area contributed by atoms with Crippen LogP contribution in [0.5, 0.6) is 0 Å². The van der Waals surface area contributed by atoms with Gasteiger partial charge >= 0.3 is 0 Å². The molecule has 0 saturated heterocycles. The van der Waals surface area contributed by atoms with E-state index in [0.717, 1.165) is 29.6 Å². The summed E-state index contributed by atoms with van der Waals surface area (Å²) >= 11 is 5.14. The van der Waals surface area contributed by atoms with E-state index in [-0.39, 0.29) is 0 Å². The average molecular weight is 276 g/mol. The molecule has 2 nitrogen and oxygen atoms in total. The van der Waals surface area contributed by atoms with Crippen molar-refractivity contribution in [3.05, 3.63) is 29.3 Å². The molecule has 1 fully saturated rings. The van der Waals surface area contributed by atoms with Crippen molar-refractivity contribution in [3.63, 3.8) is 0 Å². The van der Waals surface area contributed by atoms with Crippen LogP contribution in [0.2, 0.25) is 0 Å². The van der Waals surface area contributed by atoms with E-state index in [1.807, 2.05) is 12.1 Å². The zero-order valence-electron chi connectivity index (χ0n) is 11.9. The molecule has 0 bridgehead atoms. The molecule has 0 radical (unpaired) electrons. The second kappa shape index (κ2) is 6.38. The molecule has 0 aromatic heterocycles. The summed E-state index contributed by atoms with van der Waals surface area (Å²) in [5.41, 5.74) is 9.12. The Morgan fingerprint density at radius 2 is 2.11 bits per heavy atom. The fraction of sp³-hybridized carbons (Fsp3) is 0.562. The highest BCUT2D eigenvalue weighted by Gasteiger charge is 2.21. The number of nitrogens with one attached hydrogen (secondary N) is 1. The molecule has 104 valence electrons. The summed E-state index contributed by atoms with van der Waals surface area (Å²) in [4.78, 5) is 0.475. The number of hydrogen-bond donors (Lipinski definition) is 2. The third-order valence-electron chi connectivity index (χ3n) is 4.37. The van der Waals surface area contributed by atoms with Gasteiger partial charge in [-0.3, -0.25) is 0 Å². The van der Waals surface area contributed by atoms with Crippen LogP contribution >= 0.6 is 12.2 Å². The maximum atomic E-state index is 5.81. The number of anilines is 1. The molecule has 1 aliphatic carbocycles. The Morgan fingerprint density at radius 3 is 2.79 bits per heavy atom. The van der Waals surface area contributed by atoms with Crippen LogP contribution in [-0.4, -0.2) is 11.5 Å². The largest absolute Gasteiger partial charge is 0.389 e. The normalized spacial score (nSPS) is 23.1. The maximum absolute atomic E-state index is 5.81. The molecule has 1 aromatic rings. The van der Waals surface area contributed by atoms with E-state index in [1.165, 1.54) is 31.2 Å². The van der Waals surface area contributed by atoms with E-state index in [9.17, 15) is 0 Å². The van der Waals surface area contributed by atoms with Crippen LogP contribution in [0, 0.1) is 18.8 Å². The van der Waals surface area contributed by atoms with Gasteiger partial charge in [-0.25, -0.2) is 0 Å². The summed E-state index contributed by atoms with van der Waals surface area (Å²) in [5.74, 6) is 1.59. The van der Waals surface area contributed by atoms with Gasteiger partial charge in [-0.1, -0.05) is 50.5 Å². The van der Waals surface area contributed by atoms with Crippen LogP contribution in [0.4, 0.5) is 5.69 Å². The van der Waals surface area contributed by atoms with Crippen LogP contribution in [0.15, 0.2) is 18.2 Å². The molecule has 3 N–H and O–H groups in total. The van der Waals surface area contributed by atoms with Crippen molar-refractivity contribution >= 4 is 22.9 Å². The topological polar surface area (TPSA) is 38.0 Å². The lowest BCUT2D eigenvalue weighted by molar-refractivity contribution is 0.268. The number of hydrogen-bond acceptors (Lipinski definition) is 2. The van der Waals surface area contributed by atoms with E-state index < -0.39 is 0 Å². The monoisotopic (exact) mass is 276 g/mol. The van der Waals surface area contributed by atoms with Crippen LogP contribution in [0.3, 0.4) is 0 Å². The molecule has 1 aromatic carbocycles. The molecule has 0 amide bonds. The second-order valence-corrected chi connectivity index (χ2v) is 6.20. The first-order valence-electron chi connectivity index (χ1n) is 7.23. The second-order valence-electron chi connectivity index (χ2n) is 5.76. The van der Waals surface area contributed by atoms with Gasteiger partial charge in [-0.2, -0.15) is 0 Å². The lowest BCUT2D eigenvalue weighted by Gasteiger charge is -2.29. The fourth-order valence-corrected chi connectivity index (χ4v) is 3.21. The van der Waals surface area contributed by atoms with Crippen LogP contribution in [0.25, 0.3) is 0 Å². The smallest absolute Gasteiger partial charge is 0.106 e. The molecule has 2 unspecified atom stereocenters. The van der Waals surface area contributed by atoms with E-state index in [2.05, 4.69) is 25.2 Å². The highest BCUT2D eigenvalue weighted by atomic mass is 32.1. The van der Waals surface area contributed by atoms with E-state index in [0.29, 0.717) is 4.99 Å². The van der Waals surface area contributed by atoms with Gasteiger partial charge in [-0.15, -0.1) is 0 Å². The number of aryl methyl sites for hydroxylation is 1. The summed E-state index contributed by atoms with van der Waals surface area (Å²) in [6, 6.07) is 6.12.